The van der Waals surface area contributed by atoms with E-state index in [1.807, 2.05) is 0 Å². The monoisotopic (exact) mass is 598 g/mol. The molecule has 0 aromatic rings. The lowest BCUT2D eigenvalue weighted by Gasteiger charge is -2.44. The molecule has 2 N–H and O–H groups in total. The summed E-state index contributed by atoms with van der Waals surface area (Å²) < 4.78 is 0. The number of nitrogens with zero attached hydrogens (tertiary/aromatic N) is 7. The van der Waals surface area contributed by atoms with E-state index in [0.717, 1.165) is 110 Å². The van der Waals surface area contributed by atoms with E-state index in [1.165, 1.54) is 30.7 Å². The quantitative estimate of drug-likeness (QED) is 0.128. The number of piperazine rings is 2. The van der Waals surface area contributed by atoms with Crippen LogP contribution in [0.25, 0.3) is 0 Å². The Morgan fingerprint density at radius 1 is 0.814 bits per heavy atom. The van der Waals surface area contributed by atoms with Gasteiger partial charge in [0, 0.05) is 83.4 Å². The Balaban J connectivity index is 2.29. The first-order valence-corrected chi connectivity index (χ1v) is 16.8. The number of unbranched alkanes of at least 4 members (excludes halogenated alkanes) is 1. The molecule has 0 radical (unpaired) electrons. The molecule has 9 nitrogen and oxygen atoms in total. The number of hydrogen-bond donors (Lipinski definition) is 2. The highest BCUT2D eigenvalue weighted by molar-refractivity contribution is 5.97. The van der Waals surface area contributed by atoms with Gasteiger partial charge in [0.05, 0.1) is 0 Å². The minimum absolute atomic E-state index is 0.627. The van der Waals surface area contributed by atoms with E-state index in [1.54, 1.807) is 6.20 Å². The van der Waals surface area contributed by atoms with Crippen LogP contribution in [0.15, 0.2) is 47.3 Å². The maximum Gasteiger partial charge on any atom is 0.230 e. The molecule has 0 saturated carbocycles. The van der Waals surface area contributed by atoms with Crippen LogP contribution in [0.5, 0.6) is 0 Å². The number of guanidine groups is 2. The third kappa shape index (κ3) is 13.1. The van der Waals surface area contributed by atoms with Gasteiger partial charge in [0.1, 0.15) is 6.34 Å². The van der Waals surface area contributed by atoms with E-state index in [0.29, 0.717) is 17.8 Å². The van der Waals surface area contributed by atoms with Crippen LogP contribution in [-0.2, 0) is 0 Å². The molecule has 0 atom stereocenters. The van der Waals surface area contributed by atoms with Crippen molar-refractivity contribution in [3.05, 3.63) is 37.3 Å². The Morgan fingerprint density at radius 2 is 1.35 bits per heavy atom. The normalized spacial score (nSPS) is 16.6. The average Bonchev–Trinajstić information content (AvgIpc) is 2.99. The predicted octanol–water partition coefficient (Wildman–Crippen LogP) is 5.67. The molecule has 0 aromatic carbocycles. The molecule has 2 heterocycles. The minimum atomic E-state index is 0.627. The van der Waals surface area contributed by atoms with Gasteiger partial charge in [0.15, 0.2) is 0 Å². The molecule has 9 heteroatoms. The van der Waals surface area contributed by atoms with E-state index in [2.05, 4.69) is 89.2 Å². The fourth-order valence-corrected chi connectivity index (χ4v) is 5.64. The molecule has 43 heavy (non-hydrogen) atoms. The lowest BCUT2D eigenvalue weighted by atomic mass is 10.1. The zero-order valence-corrected chi connectivity index (χ0v) is 28.3. The van der Waals surface area contributed by atoms with Gasteiger partial charge < -0.3 is 29.8 Å². The van der Waals surface area contributed by atoms with Crippen molar-refractivity contribution in [2.24, 2.45) is 21.8 Å². The van der Waals surface area contributed by atoms with Gasteiger partial charge in [-0.1, -0.05) is 73.6 Å². The standard InChI is InChI=1S/C34H63N9/c1-9-13-31(7)39-20-24-42(25-21-39)34(43-26-22-40(23-27-43)32(8)16-15-30(5)6)38-33(37-28-35)41(19-17-36-10-2)18-12-11-14-29(3)4/h10,28-30,35-36H,2,7-9,11-27H2,1,3-6H3/b35-28?,37-33?,38-34-. The van der Waals surface area contributed by atoms with E-state index >= 15 is 0 Å². The van der Waals surface area contributed by atoms with Crippen LogP contribution in [0.3, 0.4) is 0 Å². The minimum Gasteiger partial charge on any atom is -0.390 e. The Morgan fingerprint density at radius 3 is 1.84 bits per heavy atom. The molecule has 0 spiro atoms. The number of rotatable bonds is 17. The van der Waals surface area contributed by atoms with E-state index < -0.39 is 0 Å². The van der Waals surface area contributed by atoms with Crippen molar-refractivity contribution in [1.82, 2.24) is 29.8 Å². The molecule has 0 unspecified atom stereocenters. The van der Waals surface area contributed by atoms with Gasteiger partial charge in [0.25, 0.3) is 0 Å². The lowest BCUT2D eigenvalue weighted by molar-refractivity contribution is 0.169. The second kappa shape index (κ2) is 20.1. The Labute approximate surface area is 264 Å². The first-order valence-electron chi connectivity index (χ1n) is 16.8. The zero-order chi connectivity index (χ0) is 31.6. The van der Waals surface area contributed by atoms with Crippen LogP contribution in [-0.4, -0.2) is 115 Å². The van der Waals surface area contributed by atoms with Crippen LogP contribution < -0.4 is 5.32 Å². The largest absolute Gasteiger partial charge is 0.390 e. The number of allylic oxidation sites excluding steroid dienone is 2. The van der Waals surface area contributed by atoms with Crippen molar-refractivity contribution >= 4 is 18.3 Å². The summed E-state index contributed by atoms with van der Waals surface area (Å²) in [5, 5.41) is 11.1. The molecule has 244 valence electrons. The van der Waals surface area contributed by atoms with Crippen molar-refractivity contribution < 1.29 is 0 Å². The highest BCUT2D eigenvalue weighted by Gasteiger charge is 2.28. The number of hydrogen-bond acceptors (Lipinski definition) is 4. The summed E-state index contributed by atoms with van der Waals surface area (Å²) in [7, 11) is 0. The van der Waals surface area contributed by atoms with Crippen LogP contribution in [0, 0.1) is 17.2 Å². The van der Waals surface area contributed by atoms with Crippen molar-refractivity contribution in [1.29, 1.82) is 5.41 Å². The maximum absolute atomic E-state index is 7.90. The van der Waals surface area contributed by atoms with Gasteiger partial charge in [-0.05, 0) is 43.7 Å². The zero-order valence-electron chi connectivity index (χ0n) is 28.3. The third-order valence-corrected chi connectivity index (χ3v) is 8.36. The summed E-state index contributed by atoms with van der Waals surface area (Å²) in [5.74, 6) is 2.99. The molecular formula is C34H63N9. The summed E-state index contributed by atoms with van der Waals surface area (Å²) >= 11 is 0. The Bertz CT molecular complexity index is 907. The van der Waals surface area contributed by atoms with Crippen LogP contribution in [0.1, 0.15) is 79.6 Å². The van der Waals surface area contributed by atoms with Gasteiger partial charge in [0.2, 0.25) is 11.9 Å². The smallest absolute Gasteiger partial charge is 0.230 e. The summed E-state index contributed by atoms with van der Waals surface area (Å²) in [4.78, 5) is 21.8. The van der Waals surface area contributed by atoms with E-state index in [-0.39, 0.29) is 0 Å². The molecule has 0 amide bonds. The molecule has 2 aliphatic rings. The van der Waals surface area contributed by atoms with Crippen molar-refractivity contribution in [2.45, 2.75) is 79.6 Å². The number of aliphatic imine (C=N–C) groups is 2. The number of nitrogens with one attached hydrogen (secondary N) is 2. The topological polar surface area (TPSA) is 76.8 Å². The second-order valence-electron chi connectivity index (χ2n) is 12.8. The Kier molecular flexibility index (Phi) is 16.9. The highest BCUT2D eigenvalue weighted by atomic mass is 15.4. The maximum atomic E-state index is 7.90. The summed E-state index contributed by atoms with van der Waals surface area (Å²) in [5.41, 5.74) is 2.49. The van der Waals surface area contributed by atoms with Crippen molar-refractivity contribution in [3.8, 4) is 0 Å². The summed E-state index contributed by atoms with van der Waals surface area (Å²) in [6.07, 6.45) is 10.7. The van der Waals surface area contributed by atoms with E-state index in [9.17, 15) is 0 Å². The van der Waals surface area contributed by atoms with Gasteiger partial charge in [-0.2, -0.15) is 4.99 Å². The fraction of sp³-hybridized carbons (Fsp3) is 0.735. The Hall–Kier alpha value is -2.97. The molecule has 0 bridgehead atoms. The summed E-state index contributed by atoms with van der Waals surface area (Å²) in [6.45, 7) is 33.7. The predicted molar refractivity (Wildman–Crippen MR) is 186 cm³/mol. The van der Waals surface area contributed by atoms with Gasteiger partial charge in [-0.15, -0.1) is 0 Å². The van der Waals surface area contributed by atoms with Crippen LogP contribution in [0.4, 0.5) is 0 Å². The molecule has 2 fully saturated rings. The second-order valence-corrected chi connectivity index (χ2v) is 12.8. The first kappa shape index (κ1) is 36.2. The molecule has 0 aliphatic carbocycles. The third-order valence-electron chi connectivity index (χ3n) is 8.36. The highest BCUT2D eigenvalue weighted by Crippen LogP contribution is 2.19. The van der Waals surface area contributed by atoms with Gasteiger partial charge in [-0.25, -0.2) is 4.99 Å². The fourth-order valence-electron chi connectivity index (χ4n) is 5.64. The molecule has 0 aromatic heterocycles. The molecule has 2 saturated heterocycles. The van der Waals surface area contributed by atoms with Crippen LogP contribution >= 0.6 is 0 Å². The first-order chi connectivity index (χ1) is 20.7. The SMILES string of the molecule is C=CNCCN(CCCCC(C)C)C(=NC=N)/N=C(/N1CCN(C(=C)CCC)CC1)N1CCN(C(=C)CCC(C)C)CC1. The van der Waals surface area contributed by atoms with Crippen molar-refractivity contribution in [2.75, 3.05) is 72.0 Å². The molecular weight excluding hydrogens is 534 g/mol. The van der Waals surface area contributed by atoms with Crippen molar-refractivity contribution in [3.63, 3.8) is 0 Å². The van der Waals surface area contributed by atoms with Crippen LogP contribution in [0.2, 0.25) is 0 Å². The average molecular weight is 598 g/mol. The molecule has 2 rings (SSSR count). The van der Waals surface area contributed by atoms with Gasteiger partial charge in [-0.3, -0.25) is 5.41 Å². The lowest BCUT2D eigenvalue weighted by Crippen LogP contribution is -2.57. The molecule has 2 aliphatic heterocycles. The van der Waals surface area contributed by atoms with Gasteiger partial charge >= 0.3 is 0 Å². The summed E-state index contributed by atoms with van der Waals surface area (Å²) in [6, 6.07) is 0. The van der Waals surface area contributed by atoms with E-state index in [4.69, 9.17) is 10.4 Å².